The second-order valence-electron chi connectivity index (χ2n) is 2.28. The van der Waals surface area contributed by atoms with E-state index in [0.29, 0.717) is 6.54 Å². The predicted octanol–water partition coefficient (Wildman–Crippen LogP) is 1.39. The maximum atomic E-state index is 5.40. The smallest absolute Gasteiger partial charge is 0.177 e. The summed E-state index contributed by atoms with van der Waals surface area (Å²) < 4.78 is 6.18. The van der Waals surface area contributed by atoms with Crippen LogP contribution in [0.4, 0.5) is 0 Å². The molecule has 0 bridgehead atoms. The zero-order chi connectivity index (χ0) is 7.68. The van der Waals surface area contributed by atoms with Crippen LogP contribution in [0.1, 0.15) is 5.69 Å². The number of nitrogens with two attached hydrogens (primary N) is 1. The molecule has 0 aliphatic rings. The number of hydrogen-bond acceptors (Lipinski definition) is 4. The fourth-order valence-electron chi connectivity index (χ4n) is 1.02. The summed E-state index contributed by atoms with van der Waals surface area (Å²) in [5, 5.41) is 5.90. The minimum Gasteiger partial charge on any atom is -0.355 e. The van der Waals surface area contributed by atoms with E-state index in [9.17, 15) is 0 Å². The van der Waals surface area contributed by atoms with Crippen molar-refractivity contribution in [3.63, 3.8) is 0 Å². The van der Waals surface area contributed by atoms with Crippen molar-refractivity contribution in [1.29, 1.82) is 0 Å². The molecule has 2 rings (SSSR count). The third kappa shape index (κ3) is 1.04. The zero-order valence-electron chi connectivity index (χ0n) is 5.91. The molecule has 0 radical (unpaired) electrons. The number of aromatic nitrogens is 1. The van der Waals surface area contributed by atoms with Gasteiger partial charge in [-0.15, -0.1) is 11.3 Å². The molecule has 0 spiro atoms. The van der Waals surface area contributed by atoms with Crippen molar-refractivity contribution in [1.82, 2.24) is 5.16 Å². The quantitative estimate of drug-likeness (QED) is 0.737. The molecule has 3 nitrogen and oxygen atoms in total. The molecule has 2 N–H and O–H groups in total. The molecule has 0 aromatic carbocycles. The Morgan fingerprint density at radius 1 is 1.64 bits per heavy atom. The summed E-state index contributed by atoms with van der Waals surface area (Å²) in [4.78, 5) is 0. The summed E-state index contributed by atoms with van der Waals surface area (Å²) in [5.74, 6) is 0. The van der Waals surface area contributed by atoms with Gasteiger partial charge in [-0.05, 0) is 18.0 Å². The Hall–Kier alpha value is -0.870. The van der Waals surface area contributed by atoms with Crippen molar-refractivity contribution in [2.45, 2.75) is 6.42 Å². The SMILES string of the molecule is NCCc1noc2ccsc12. The maximum Gasteiger partial charge on any atom is 0.177 e. The number of hydrogen-bond donors (Lipinski definition) is 1. The van der Waals surface area contributed by atoms with Gasteiger partial charge in [0.25, 0.3) is 0 Å². The van der Waals surface area contributed by atoms with Crippen LogP contribution in [-0.2, 0) is 6.42 Å². The van der Waals surface area contributed by atoms with Gasteiger partial charge in [0.2, 0.25) is 0 Å². The molecule has 0 atom stereocenters. The average molecular weight is 168 g/mol. The van der Waals surface area contributed by atoms with Crippen LogP contribution in [0, 0.1) is 0 Å². The lowest BCUT2D eigenvalue weighted by Crippen LogP contribution is -2.02. The lowest BCUT2D eigenvalue weighted by Gasteiger charge is -1.86. The van der Waals surface area contributed by atoms with Gasteiger partial charge in [-0.1, -0.05) is 5.16 Å². The standard InChI is InChI=1S/C7H8N2OS/c8-3-1-5-7-6(10-9-5)2-4-11-7/h2,4H,1,3,8H2. The minimum atomic E-state index is 0.625. The van der Waals surface area contributed by atoms with E-state index >= 15 is 0 Å². The predicted molar refractivity (Wildman–Crippen MR) is 44.6 cm³/mol. The first-order valence-corrected chi connectivity index (χ1v) is 4.31. The van der Waals surface area contributed by atoms with Gasteiger partial charge >= 0.3 is 0 Å². The molecule has 0 amide bonds. The van der Waals surface area contributed by atoms with Crippen molar-refractivity contribution >= 4 is 21.6 Å². The van der Waals surface area contributed by atoms with Gasteiger partial charge in [0.15, 0.2) is 5.58 Å². The largest absolute Gasteiger partial charge is 0.355 e. The van der Waals surface area contributed by atoms with E-state index in [1.807, 2.05) is 11.4 Å². The van der Waals surface area contributed by atoms with E-state index in [1.165, 1.54) is 0 Å². The van der Waals surface area contributed by atoms with Gasteiger partial charge < -0.3 is 10.3 Å². The third-order valence-corrected chi connectivity index (χ3v) is 2.47. The summed E-state index contributed by atoms with van der Waals surface area (Å²) >= 11 is 1.65. The summed E-state index contributed by atoms with van der Waals surface area (Å²) in [6.45, 7) is 0.625. The first-order valence-electron chi connectivity index (χ1n) is 3.43. The fraction of sp³-hybridized carbons (Fsp3) is 0.286. The van der Waals surface area contributed by atoms with Gasteiger partial charge in [-0.2, -0.15) is 0 Å². The lowest BCUT2D eigenvalue weighted by molar-refractivity contribution is 0.446. The Morgan fingerprint density at radius 2 is 2.55 bits per heavy atom. The van der Waals surface area contributed by atoms with Gasteiger partial charge in [0.1, 0.15) is 5.69 Å². The van der Waals surface area contributed by atoms with E-state index in [4.69, 9.17) is 10.3 Å². The van der Waals surface area contributed by atoms with Gasteiger partial charge in [0, 0.05) is 6.42 Å². The van der Waals surface area contributed by atoms with E-state index in [-0.39, 0.29) is 0 Å². The van der Waals surface area contributed by atoms with Crippen LogP contribution in [0.3, 0.4) is 0 Å². The van der Waals surface area contributed by atoms with E-state index < -0.39 is 0 Å². The highest BCUT2D eigenvalue weighted by Crippen LogP contribution is 2.24. The molecule has 2 aromatic heterocycles. The molecule has 0 saturated carbocycles. The molecule has 4 heteroatoms. The van der Waals surface area contributed by atoms with E-state index in [0.717, 1.165) is 22.4 Å². The van der Waals surface area contributed by atoms with Crippen molar-refractivity contribution in [2.24, 2.45) is 5.73 Å². The van der Waals surface area contributed by atoms with Crippen LogP contribution >= 0.6 is 11.3 Å². The molecule has 2 aromatic rings. The summed E-state index contributed by atoms with van der Waals surface area (Å²) in [6, 6.07) is 1.92. The normalized spacial score (nSPS) is 11.0. The van der Waals surface area contributed by atoms with Crippen molar-refractivity contribution in [3.8, 4) is 0 Å². The van der Waals surface area contributed by atoms with Crippen LogP contribution in [0.5, 0.6) is 0 Å². The van der Waals surface area contributed by atoms with Crippen molar-refractivity contribution < 1.29 is 4.52 Å². The molecule has 0 aliphatic carbocycles. The first kappa shape index (κ1) is 6.82. The zero-order valence-corrected chi connectivity index (χ0v) is 6.73. The maximum absolute atomic E-state index is 5.40. The van der Waals surface area contributed by atoms with Gasteiger partial charge in [-0.25, -0.2) is 0 Å². The molecule has 11 heavy (non-hydrogen) atoms. The second-order valence-corrected chi connectivity index (χ2v) is 3.20. The monoisotopic (exact) mass is 168 g/mol. The van der Waals surface area contributed by atoms with Crippen LogP contribution in [0.25, 0.3) is 10.3 Å². The third-order valence-electron chi connectivity index (χ3n) is 1.53. The highest BCUT2D eigenvalue weighted by atomic mass is 32.1. The van der Waals surface area contributed by atoms with Crippen LogP contribution in [0.15, 0.2) is 16.0 Å². The molecule has 0 fully saturated rings. The molecule has 0 aliphatic heterocycles. The second kappa shape index (κ2) is 2.64. The van der Waals surface area contributed by atoms with E-state index in [1.54, 1.807) is 11.3 Å². The molecular weight excluding hydrogens is 160 g/mol. The molecule has 2 heterocycles. The van der Waals surface area contributed by atoms with Gasteiger partial charge in [-0.3, -0.25) is 0 Å². The lowest BCUT2D eigenvalue weighted by atomic mass is 10.3. The number of rotatable bonds is 2. The summed E-state index contributed by atoms with van der Waals surface area (Å²) in [5.41, 5.74) is 7.26. The highest BCUT2D eigenvalue weighted by Gasteiger charge is 2.06. The van der Waals surface area contributed by atoms with Crippen LogP contribution in [0.2, 0.25) is 0 Å². The Bertz CT molecular complexity index is 352. The van der Waals surface area contributed by atoms with Crippen molar-refractivity contribution in [2.75, 3.05) is 6.54 Å². The number of fused-ring (bicyclic) bond motifs is 1. The van der Waals surface area contributed by atoms with E-state index in [2.05, 4.69) is 5.16 Å². The molecule has 0 saturated heterocycles. The molecular formula is C7H8N2OS. The Labute approximate surface area is 67.8 Å². The average Bonchev–Trinajstić information content (AvgIpc) is 2.53. The Morgan fingerprint density at radius 3 is 3.36 bits per heavy atom. The summed E-state index contributed by atoms with van der Waals surface area (Å²) in [7, 11) is 0. The molecule has 58 valence electrons. The summed E-state index contributed by atoms with van der Waals surface area (Å²) in [6.07, 6.45) is 0.799. The first-order chi connectivity index (χ1) is 5.42. The van der Waals surface area contributed by atoms with Gasteiger partial charge in [0.05, 0.1) is 4.70 Å². The molecule has 0 unspecified atom stereocenters. The topological polar surface area (TPSA) is 52.0 Å². The van der Waals surface area contributed by atoms with Crippen molar-refractivity contribution in [3.05, 3.63) is 17.1 Å². The van der Waals surface area contributed by atoms with Crippen LogP contribution < -0.4 is 5.73 Å². The Kier molecular flexibility index (Phi) is 1.63. The highest BCUT2D eigenvalue weighted by molar-refractivity contribution is 7.17. The minimum absolute atomic E-state index is 0.625. The number of thiophene rings is 1. The Balaban J connectivity index is 2.51. The number of nitrogens with zero attached hydrogens (tertiary/aromatic N) is 1. The fourth-order valence-corrected chi connectivity index (χ4v) is 1.85. The van der Waals surface area contributed by atoms with Crippen LogP contribution in [-0.4, -0.2) is 11.7 Å².